The molecule has 1 rings (SSSR count). The molecular weight excluding hydrogens is 194 g/mol. The highest BCUT2D eigenvalue weighted by molar-refractivity contribution is 7.90. The van der Waals surface area contributed by atoms with E-state index in [2.05, 4.69) is 20.8 Å². The van der Waals surface area contributed by atoms with Crippen LogP contribution in [0.15, 0.2) is 0 Å². The van der Waals surface area contributed by atoms with Gasteiger partial charge in [0.05, 0.1) is 5.75 Å². The average molecular weight is 205 g/mol. The minimum absolute atomic E-state index is 0.0693. The van der Waals surface area contributed by atoms with E-state index in [9.17, 15) is 8.42 Å². The minimum Gasteiger partial charge on any atom is -0.352 e. The second-order valence-corrected chi connectivity index (χ2v) is 4.94. The van der Waals surface area contributed by atoms with Crippen molar-refractivity contribution in [3.8, 4) is 0 Å². The molecule has 0 atom stereocenters. The normalized spacial score (nSPS) is 11.5. The van der Waals surface area contributed by atoms with E-state index in [4.69, 9.17) is 0 Å². The van der Waals surface area contributed by atoms with Crippen LogP contribution in [0.25, 0.3) is 0 Å². The summed E-state index contributed by atoms with van der Waals surface area (Å²) in [5.74, 6) is 0.531. The highest BCUT2D eigenvalue weighted by Gasteiger charge is 2.04. The second kappa shape index (κ2) is 3.69. The van der Waals surface area contributed by atoms with Gasteiger partial charge in [0.2, 0.25) is 5.95 Å². The first-order valence-electron chi connectivity index (χ1n) is 3.63. The zero-order chi connectivity index (χ0) is 9.90. The Morgan fingerprint density at radius 3 is 2.69 bits per heavy atom. The topological polar surface area (TPSA) is 89.8 Å². The Morgan fingerprint density at radius 1 is 1.54 bits per heavy atom. The van der Waals surface area contributed by atoms with Crippen molar-refractivity contribution in [3.05, 3.63) is 0 Å². The number of hydrogen-bond donors (Lipinski definition) is 1. The third-order valence-electron chi connectivity index (χ3n) is 1.38. The number of sulfone groups is 1. The highest BCUT2D eigenvalue weighted by atomic mass is 32.2. The molecule has 0 saturated heterocycles. The van der Waals surface area contributed by atoms with Gasteiger partial charge in [-0.3, -0.25) is 0 Å². The molecule has 0 spiro atoms. The number of aryl methyl sites for hydroxylation is 1. The molecule has 0 saturated carbocycles. The summed E-state index contributed by atoms with van der Waals surface area (Å²) in [6.45, 7) is 0.313. The maximum absolute atomic E-state index is 10.7. The molecule has 0 amide bonds. The lowest BCUT2D eigenvalue weighted by atomic mass is 10.7. The smallest absolute Gasteiger partial charge is 0.242 e. The van der Waals surface area contributed by atoms with Gasteiger partial charge in [0.1, 0.15) is 9.84 Å². The lowest BCUT2D eigenvalue weighted by Gasteiger charge is -2.01. The van der Waals surface area contributed by atoms with Gasteiger partial charge in [-0.2, -0.15) is 0 Å². The van der Waals surface area contributed by atoms with Crippen molar-refractivity contribution in [1.82, 2.24) is 20.2 Å². The summed E-state index contributed by atoms with van der Waals surface area (Å²) in [7, 11) is -1.26. The maximum Gasteiger partial charge on any atom is 0.242 e. The number of tetrazole rings is 1. The number of rotatable bonds is 4. The summed E-state index contributed by atoms with van der Waals surface area (Å²) in [5, 5.41) is 13.4. The fourth-order valence-electron chi connectivity index (χ4n) is 0.727. The van der Waals surface area contributed by atoms with Gasteiger partial charge in [0.25, 0.3) is 0 Å². The van der Waals surface area contributed by atoms with Gasteiger partial charge in [0.15, 0.2) is 0 Å². The Bertz CT molecular complexity index is 370. The molecule has 1 aromatic rings. The predicted octanol–water partition coefficient (Wildman–Crippen LogP) is -1.33. The molecule has 74 valence electrons. The van der Waals surface area contributed by atoms with Crippen LogP contribution in [0.4, 0.5) is 5.95 Å². The first-order valence-corrected chi connectivity index (χ1v) is 5.69. The fraction of sp³-hybridized carbons (Fsp3) is 0.800. The maximum atomic E-state index is 10.7. The summed E-state index contributed by atoms with van der Waals surface area (Å²) in [4.78, 5) is 0. The SMILES string of the molecule is Cn1nnnc1NCCS(C)(=O)=O. The molecule has 0 aliphatic rings. The van der Waals surface area contributed by atoms with E-state index < -0.39 is 9.84 Å². The molecule has 0 aliphatic carbocycles. The van der Waals surface area contributed by atoms with Gasteiger partial charge in [-0.1, -0.05) is 5.10 Å². The highest BCUT2D eigenvalue weighted by Crippen LogP contribution is 1.94. The largest absolute Gasteiger partial charge is 0.352 e. The van der Waals surface area contributed by atoms with Crippen molar-refractivity contribution < 1.29 is 8.42 Å². The van der Waals surface area contributed by atoms with E-state index in [1.807, 2.05) is 0 Å². The lowest BCUT2D eigenvalue weighted by molar-refractivity contribution is 0.602. The molecule has 13 heavy (non-hydrogen) atoms. The van der Waals surface area contributed by atoms with Crippen molar-refractivity contribution in [2.75, 3.05) is 23.9 Å². The van der Waals surface area contributed by atoms with Crippen molar-refractivity contribution in [2.45, 2.75) is 0 Å². The number of anilines is 1. The molecule has 0 radical (unpaired) electrons. The Kier molecular flexibility index (Phi) is 2.81. The summed E-state index contributed by atoms with van der Waals surface area (Å²) in [5.41, 5.74) is 0. The first kappa shape index (κ1) is 9.90. The molecule has 0 unspecified atom stereocenters. The number of nitrogens with one attached hydrogen (secondary N) is 1. The van der Waals surface area contributed by atoms with E-state index in [0.717, 1.165) is 0 Å². The lowest BCUT2D eigenvalue weighted by Crippen LogP contribution is -2.16. The molecule has 1 heterocycles. The van der Waals surface area contributed by atoms with Crippen LogP contribution in [0.2, 0.25) is 0 Å². The molecule has 8 heteroatoms. The van der Waals surface area contributed by atoms with Crippen molar-refractivity contribution in [3.63, 3.8) is 0 Å². The quantitative estimate of drug-likeness (QED) is 0.654. The molecular formula is C5H11N5O2S. The third kappa shape index (κ3) is 3.36. The average Bonchev–Trinajstić information content (AvgIpc) is 2.34. The van der Waals surface area contributed by atoms with Crippen molar-refractivity contribution in [2.24, 2.45) is 7.05 Å². The Labute approximate surface area is 76.0 Å². The summed E-state index contributed by atoms with van der Waals surface area (Å²) in [6, 6.07) is 0. The fourth-order valence-corrected chi connectivity index (χ4v) is 1.20. The first-order chi connectivity index (χ1) is 5.99. The summed E-state index contributed by atoms with van der Waals surface area (Å²) < 4.78 is 22.9. The van der Waals surface area contributed by atoms with Gasteiger partial charge < -0.3 is 5.32 Å². The Balaban J connectivity index is 2.41. The van der Waals surface area contributed by atoms with E-state index in [0.29, 0.717) is 12.5 Å². The molecule has 0 bridgehead atoms. The van der Waals surface area contributed by atoms with E-state index in [-0.39, 0.29) is 5.75 Å². The molecule has 0 aromatic carbocycles. The third-order valence-corrected chi connectivity index (χ3v) is 2.32. The van der Waals surface area contributed by atoms with Crippen molar-refractivity contribution in [1.29, 1.82) is 0 Å². The second-order valence-electron chi connectivity index (χ2n) is 2.68. The van der Waals surface area contributed by atoms with Crippen LogP contribution >= 0.6 is 0 Å². The van der Waals surface area contributed by atoms with Crippen LogP contribution in [-0.4, -0.2) is 47.2 Å². The Hall–Kier alpha value is -1.18. The molecule has 1 N–H and O–H groups in total. The van der Waals surface area contributed by atoms with Crippen molar-refractivity contribution >= 4 is 15.8 Å². The van der Waals surface area contributed by atoms with E-state index in [1.165, 1.54) is 10.9 Å². The molecule has 0 fully saturated rings. The van der Waals surface area contributed by atoms with Crippen LogP contribution in [0.1, 0.15) is 0 Å². The number of nitrogens with zero attached hydrogens (tertiary/aromatic N) is 4. The van der Waals surface area contributed by atoms with Gasteiger partial charge in [-0.05, 0) is 10.4 Å². The molecule has 7 nitrogen and oxygen atoms in total. The zero-order valence-electron chi connectivity index (χ0n) is 7.43. The number of aromatic nitrogens is 4. The number of hydrogen-bond acceptors (Lipinski definition) is 6. The Morgan fingerprint density at radius 2 is 2.23 bits per heavy atom. The predicted molar refractivity (Wildman–Crippen MR) is 47.0 cm³/mol. The molecule has 1 aromatic heterocycles. The van der Waals surface area contributed by atoms with Crippen LogP contribution in [0, 0.1) is 0 Å². The zero-order valence-corrected chi connectivity index (χ0v) is 8.24. The molecule has 0 aliphatic heterocycles. The van der Waals surface area contributed by atoms with Crippen LogP contribution in [0.5, 0.6) is 0 Å². The van der Waals surface area contributed by atoms with Crippen LogP contribution in [-0.2, 0) is 16.9 Å². The van der Waals surface area contributed by atoms with Crippen LogP contribution < -0.4 is 5.32 Å². The van der Waals surface area contributed by atoms with Crippen LogP contribution in [0.3, 0.4) is 0 Å². The van der Waals surface area contributed by atoms with Gasteiger partial charge in [0, 0.05) is 19.8 Å². The van der Waals surface area contributed by atoms with E-state index in [1.54, 1.807) is 7.05 Å². The monoisotopic (exact) mass is 205 g/mol. The van der Waals surface area contributed by atoms with Gasteiger partial charge in [-0.25, -0.2) is 13.1 Å². The van der Waals surface area contributed by atoms with E-state index >= 15 is 0 Å². The van der Waals surface area contributed by atoms with Gasteiger partial charge >= 0.3 is 0 Å². The minimum atomic E-state index is -2.93. The summed E-state index contributed by atoms with van der Waals surface area (Å²) in [6.07, 6.45) is 1.18. The van der Waals surface area contributed by atoms with Gasteiger partial charge in [-0.15, -0.1) is 0 Å². The standard InChI is InChI=1S/C5H11N5O2S/c1-10-5(7-8-9-10)6-3-4-13(2,11)12/h3-4H2,1-2H3,(H,6,7,9). The summed E-state index contributed by atoms with van der Waals surface area (Å²) >= 11 is 0.